The molecule has 0 fully saturated rings. The second-order valence-electron chi connectivity index (χ2n) is 12.5. The van der Waals surface area contributed by atoms with Crippen LogP contribution in [0.1, 0.15) is 80.2 Å². The summed E-state index contributed by atoms with van der Waals surface area (Å²) in [6.45, 7) is 13.7. The van der Waals surface area contributed by atoms with Gasteiger partial charge in [0.2, 0.25) is 17.7 Å². The lowest BCUT2D eigenvalue weighted by Gasteiger charge is -2.28. The van der Waals surface area contributed by atoms with Gasteiger partial charge in [-0.25, -0.2) is 9.59 Å². The van der Waals surface area contributed by atoms with Crippen LogP contribution in [0.25, 0.3) is 0 Å². The van der Waals surface area contributed by atoms with Crippen LogP contribution < -0.4 is 26.4 Å². The number of aliphatic carboxylic acids is 1. The molecule has 13 nitrogen and oxygen atoms in total. The smallest absolute Gasteiger partial charge is 0.408 e. The normalized spacial score (nSPS) is 14.3. The van der Waals surface area contributed by atoms with E-state index in [0.717, 1.165) is 0 Å². The minimum atomic E-state index is -1.40. The SMILES string of the molecule is CC[C@@H](C)[C@@H](NC(=O)[C@@H](Cc1ccc(OC(=O)C(C)(C)C)cc1)NC(=O)OC(C)(C)C)C(=O)N[C@H](CCC(N)=O)C(=O)O. The first kappa shape index (κ1) is 36.9. The summed E-state index contributed by atoms with van der Waals surface area (Å²) in [6, 6.07) is 2.65. The molecule has 0 aliphatic rings. The molecule has 0 bridgehead atoms. The summed E-state index contributed by atoms with van der Waals surface area (Å²) < 4.78 is 10.7. The Bertz CT molecular complexity index is 1150. The number of nitrogens with two attached hydrogens (primary N) is 1. The second kappa shape index (κ2) is 15.9. The number of benzene rings is 1. The molecule has 0 aromatic heterocycles. The van der Waals surface area contributed by atoms with Crippen LogP contribution in [-0.2, 0) is 35.1 Å². The molecule has 0 saturated heterocycles. The van der Waals surface area contributed by atoms with Crippen molar-refractivity contribution in [2.45, 2.75) is 105 Å². The van der Waals surface area contributed by atoms with Crippen LogP contribution in [0, 0.1) is 11.3 Å². The molecule has 0 radical (unpaired) electrons. The Morgan fingerprint density at radius 2 is 1.47 bits per heavy atom. The van der Waals surface area contributed by atoms with Gasteiger partial charge >= 0.3 is 18.0 Å². The van der Waals surface area contributed by atoms with Crippen LogP contribution in [-0.4, -0.2) is 64.6 Å². The lowest BCUT2D eigenvalue weighted by atomic mass is 9.96. The fourth-order valence-electron chi connectivity index (χ4n) is 3.61. The lowest BCUT2D eigenvalue weighted by molar-refractivity contribution is -0.143. The summed E-state index contributed by atoms with van der Waals surface area (Å²) in [6.07, 6.45) is -0.889. The van der Waals surface area contributed by atoms with Crippen LogP contribution >= 0.6 is 0 Å². The highest BCUT2D eigenvalue weighted by Gasteiger charge is 2.33. The number of carbonyl (C=O) groups is 6. The molecule has 4 amide bonds. The van der Waals surface area contributed by atoms with Crippen LogP contribution in [0.2, 0.25) is 0 Å². The zero-order valence-corrected chi connectivity index (χ0v) is 26.2. The van der Waals surface area contributed by atoms with Gasteiger partial charge in [-0.2, -0.15) is 0 Å². The number of nitrogens with one attached hydrogen (secondary N) is 3. The topological polar surface area (TPSA) is 203 Å². The first-order valence-corrected chi connectivity index (χ1v) is 14.2. The third-order valence-corrected chi connectivity index (χ3v) is 6.28. The van der Waals surface area contributed by atoms with E-state index in [2.05, 4.69) is 16.0 Å². The van der Waals surface area contributed by atoms with Crippen molar-refractivity contribution in [3.05, 3.63) is 29.8 Å². The van der Waals surface area contributed by atoms with E-state index in [-0.39, 0.29) is 19.3 Å². The first-order chi connectivity index (χ1) is 19.7. The zero-order valence-electron chi connectivity index (χ0n) is 26.2. The molecule has 1 aromatic rings. The molecule has 1 rings (SSSR count). The molecule has 0 unspecified atom stereocenters. The maximum atomic E-state index is 13.5. The van der Waals surface area contributed by atoms with Crippen molar-refractivity contribution in [2.75, 3.05) is 0 Å². The number of carboxylic acids is 1. The molecular weight excluding hydrogens is 560 g/mol. The Balaban J connectivity index is 3.22. The zero-order chi connectivity index (χ0) is 33.1. The summed E-state index contributed by atoms with van der Waals surface area (Å²) in [5.41, 5.74) is 4.17. The minimum Gasteiger partial charge on any atom is -0.480 e. The summed E-state index contributed by atoms with van der Waals surface area (Å²) >= 11 is 0. The van der Waals surface area contributed by atoms with Crippen molar-refractivity contribution in [1.82, 2.24) is 16.0 Å². The van der Waals surface area contributed by atoms with Crippen molar-refractivity contribution in [1.29, 1.82) is 0 Å². The Kier molecular flexibility index (Phi) is 13.6. The molecule has 4 atom stereocenters. The quantitative estimate of drug-likeness (QED) is 0.156. The number of esters is 1. The molecule has 0 saturated carbocycles. The van der Waals surface area contributed by atoms with Gasteiger partial charge in [0.15, 0.2) is 0 Å². The van der Waals surface area contributed by atoms with Crippen molar-refractivity contribution >= 4 is 35.8 Å². The second-order valence-corrected chi connectivity index (χ2v) is 12.5. The number of amides is 4. The summed E-state index contributed by atoms with van der Waals surface area (Å²) in [7, 11) is 0. The number of alkyl carbamates (subject to hydrolysis) is 1. The number of rotatable bonds is 14. The van der Waals surface area contributed by atoms with E-state index in [1.54, 1.807) is 79.7 Å². The number of carboxylic acid groups (broad SMARTS) is 1. The average molecular weight is 607 g/mol. The van der Waals surface area contributed by atoms with Gasteiger partial charge in [-0.3, -0.25) is 19.2 Å². The Morgan fingerprint density at radius 1 is 0.884 bits per heavy atom. The number of primary amides is 1. The molecule has 13 heteroatoms. The third kappa shape index (κ3) is 13.6. The van der Waals surface area contributed by atoms with Crippen LogP contribution in [0.5, 0.6) is 5.75 Å². The van der Waals surface area contributed by atoms with Crippen molar-refractivity contribution in [3.8, 4) is 5.75 Å². The van der Waals surface area contributed by atoms with Crippen LogP contribution in [0.3, 0.4) is 0 Å². The lowest BCUT2D eigenvalue weighted by Crippen LogP contribution is -2.58. The monoisotopic (exact) mass is 606 g/mol. The standard InChI is InChI=1S/C30H46N4O9/c1-9-17(2)23(25(37)32-20(26(38)39)14-15-22(31)35)34-24(36)21(33-28(41)43-30(6,7)8)16-18-10-12-19(13-11-18)42-27(40)29(3,4)5/h10-13,17,20-21,23H,9,14-16H2,1-8H3,(H2,31,35)(H,32,37)(H,33,41)(H,34,36)(H,38,39)/t17-,20-,21-,23-/m1/s1. The van der Waals surface area contributed by atoms with Crippen LogP contribution in [0.4, 0.5) is 4.79 Å². The van der Waals surface area contributed by atoms with Gasteiger partial charge in [-0.1, -0.05) is 32.4 Å². The van der Waals surface area contributed by atoms with Crippen LogP contribution in [0.15, 0.2) is 24.3 Å². The maximum Gasteiger partial charge on any atom is 0.408 e. The number of hydrogen-bond acceptors (Lipinski definition) is 8. The average Bonchev–Trinajstić information content (AvgIpc) is 2.87. The molecule has 43 heavy (non-hydrogen) atoms. The first-order valence-electron chi connectivity index (χ1n) is 14.2. The molecule has 0 spiro atoms. The van der Waals surface area contributed by atoms with E-state index in [1.807, 2.05) is 0 Å². The molecule has 0 aliphatic heterocycles. The number of hydrogen-bond donors (Lipinski definition) is 5. The third-order valence-electron chi connectivity index (χ3n) is 6.28. The van der Waals surface area contributed by atoms with Gasteiger partial charge in [0.25, 0.3) is 0 Å². The van der Waals surface area contributed by atoms with E-state index in [1.165, 1.54) is 0 Å². The maximum absolute atomic E-state index is 13.5. The van der Waals surface area contributed by atoms with Gasteiger partial charge < -0.3 is 36.3 Å². The molecule has 6 N–H and O–H groups in total. The number of carbonyl (C=O) groups excluding carboxylic acids is 5. The summed E-state index contributed by atoms with van der Waals surface area (Å²) in [4.78, 5) is 74.4. The van der Waals surface area contributed by atoms with Gasteiger partial charge in [0, 0.05) is 12.8 Å². The highest BCUT2D eigenvalue weighted by Crippen LogP contribution is 2.20. The van der Waals surface area contributed by atoms with E-state index < -0.39 is 70.8 Å². The predicted octanol–water partition coefficient (Wildman–Crippen LogP) is 2.44. The fourth-order valence-corrected chi connectivity index (χ4v) is 3.61. The molecule has 240 valence electrons. The predicted molar refractivity (Wildman–Crippen MR) is 158 cm³/mol. The van der Waals surface area contributed by atoms with Gasteiger partial charge in [-0.05, 0) is 71.6 Å². The Hall–Kier alpha value is -4.16. The highest BCUT2D eigenvalue weighted by molar-refractivity contribution is 5.93. The molecule has 0 aliphatic carbocycles. The summed E-state index contributed by atoms with van der Waals surface area (Å²) in [5.74, 6) is -4.08. The van der Waals surface area contributed by atoms with E-state index >= 15 is 0 Å². The Labute approximate surface area is 252 Å². The van der Waals surface area contributed by atoms with E-state index in [4.69, 9.17) is 15.2 Å². The van der Waals surface area contributed by atoms with Gasteiger partial charge in [-0.15, -0.1) is 0 Å². The summed E-state index contributed by atoms with van der Waals surface area (Å²) in [5, 5.41) is 17.1. The number of ether oxygens (including phenoxy) is 2. The van der Waals surface area contributed by atoms with Crippen molar-refractivity contribution in [2.24, 2.45) is 17.1 Å². The minimum absolute atomic E-state index is 0.0101. The molecule has 0 heterocycles. The van der Waals surface area contributed by atoms with E-state index in [9.17, 15) is 33.9 Å². The molecule has 1 aromatic carbocycles. The fraction of sp³-hybridized carbons (Fsp3) is 0.600. The van der Waals surface area contributed by atoms with Gasteiger partial charge in [0.05, 0.1) is 5.41 Å². The van der Waals surface area contributed by atoms with Crippen molar-refractivity contribution < 1.29 is 43.3 Å². The Morgan fingerprint density at radius 3 is 1.93 bits per heavy atom. The van der Waals surface area contributed by atoms with Crippen molar-refractivity contribution in [3.63, 3.8) is 0 Å². The molecular formula is C30H46N4O9. The van der Waals surface area contributed by atoms with E-state index in [0.29, 0.717) is 17.7 Å². The highest BCUT2D eigenvalue weighted by atomic mass is 16.6. The largest absolute Gasteiger partial charge is 0.480 e. The van der Waals surface area contributed by atoms with Gasteiger partial charge in [0.1, 0.15) is 29.5 Å².